The summed E-state index contributed by atoms with van der Waals surface area (Å²) in [5, 5.41) is 3.53. The van der Waals surface area contributed by atoms with Gasteiger partial charge in [0, 0.05) is 37.7 Å². The molecule has 1 aromatic carbocycles. The van der Waals surface area contributed by atoms with Gasteiger partial charge in [-0.05, 0) is 44.4 Å². The van der Waals surface area contributed by atoms with Gasteiger partial charge in [-0.15, -0.1) is 0 Å². The van der Waals surface area contributed by atoms with Crippen LogP contribution >= 0.6 is 11.6 Å². The molecule has 0 radical (unpaired) electrons. The lowest BCUT2D eigenvalue weighted by Crippen LogP contribution is -2.47. The molecule has 0 spiro atoms. The van der Waals surface area contributed by atoms with Gasteiger partial charge in [0.15, 0.2) is 0 Å². The highest BCUT2D eigenvalue weighted by atomic mass is 35.5. The summed E-state index contributed by atoms with van der Waals surface area (Å²) >= 11 is 5.91. The van der Waals surface area contributed by atoms with Gasteiger partial charge >= 0.3 is 0 Å². The van der Waals surface area contributed by atoms with E-state index >= 15 is 0 Å². The number of nitrogens with zero attached hydrogens (tertiary/aromatic N) is 1. The number of amides is 2. The lowest BCUT2D eigenvalue weighted by Gasteiger charge is -2.28. The second-order valence-corrected chi connectivity index (χ2v) is 6.35. The van der Waals surface area contributed by atoms with Crippen LogP contribution in [0.2, 0.25) is 5.02 Å². The molecule has 0 saturated heterocycles. The van der Waals surface area contributed by atoms with Gasteiger partial charge in [0.05, 0.1) is 0 Å². The van der Waals surface area contributed by atoms with Crippen molar-refractivity contribution >= 4 is 23.4 Å². The number of carbonyl (C=O) groups excluding carboxylic acids is 2. The van der Waals surface area contributed by atoms with Crippen LogP contribution in [0.1, 0.15) is 45.6 Å². The predicted molar refractivity (Wildman–Crippen MR) is 100 cm³/mol. The lowest BCUT2D eigenvalue weighted by molar-refractivity contribution is -0.140. The topological polar surface area (TPSA) is 58.6 Å². The summed E-state index contributed by atoms with van der Waals surface area (Å²) in [6.45, 7) is 7.88. The van der Waals surface area contributed by atoms with Gasteiger partial charge < -0.3 is 15.0 Å². The predicted octanol–water partition coefficient (Wildman–Crippen LogP) is 3.40. The van der Waals surface area contributed by atoms with Gasteiger partial charge in [0.1, 0.15) is 6.04 Å². The maximum Gasteiger partial charge on any atom is 0.242 e. The van der Waals surface area contributed by atoms with Crippen molar-refractivity contribution < 1.29 is 14.3 Å². The Labute approximate surface area is 155 Å². The molecule has 0 bridgehead atoms. The Kier molecular flexibility index (Phi) is 10.2. The number of ether oxygens (including phenoxy) is 1. The quantitative estimate of drug-likeness (QED) is 0.609. The fourth-order valence-corrected chi connectivity index (χ4v) is 2.53. The van der Waals surface area contributed by atoms with E-state index in [9.17, 15) is 9.59 Å². The summed E-state index contributed by atoms with van der Waals surface area (Å²) < 4.78 is 5.26. The highest BCUT2D eigenvalue weighted by Gasteiger charge is 2.25. The highest BCUT2D eigenvalue weighted by Crippen LogP contribution is 2.14. The molecule has 1 N–H and O–H groups in total. The van der Waals surface area contributed by atoms with E-state index in [0.29, 0.717) is 37.7 Å². The molecule has 0 aliphatic heterocycles. The van der Waals surface area contributed by atoms with Gasteiger partial charge in [0.25, 0.3) is 0 Å². The van der Waals surface area contributed by atoms with E-state index in [0.717, 1.165) is 18.4 Å². The van der Waals surface area contributed by atoms with Crippen LogP contribution in [0, 0.1) is 0 Å². The molecule has 0 aromatic heterocycles. The average Bonchev–Trinajstić information content (AvgIpc) is 2.60. The number of hydrogen-bond donors (Lipinski definition) is 1. The van der Waals surface area contributed by atoms with Crippen LogP contribution in [0.25, 0.3) is 0 Å². The fraction of sp³-hybridized carbons (Fsp3) is 0.579. The Morgan fingerprint density at radius 3 is 2.52 bits per heavy atom. The van der Waals surface area contributed by atoms with Crippen molar-refractivity contribution in [2.24, 2.45) is 0 Å². The normalized spacial score (nSPS) is 11.8. The first-order valence-corrected chi connectivity index (χ1v) is 9.26. The maximum atomic E-state index is 12.5. The molecule has 5 nitrogen and oxygen atoms in total. The van der Waals surface area contributed by atoms with Crippen LogP contribution in [-0.4, -0.2) is 42.5 Å². The molecule has 2 amide bonds. The molecule has 140 valence electrons. The monoisotopic (exact) mass is 368 g/mol. The third-order valence-electron chi connectivity index (χ3n) is 3.87. The molecule has 1 atom stereocenters. The zero-order chi connectivity index (χ0) is 18.7. The molecule has 25 heavy (non-hydrogen) atoms. The largest absolute Gasteiger partial charge is 0.382 e. The Morgan fingerprint density at radius 2 is 1.92 bits per heavy atom. The zero-order valence-corrected chi connectivity index (χ0v) is 16.1. The van der Waals surface area contributed by atoms with Crippen LogP contribution < -0.4 is 5.32 Å². The van der Waals surface area contributed by atoms with E-state index in [1.165, 1.54) is 0 Å². The first-order valence-electron chi connectivity index (χ1n) is 8.88. The van der Waals surface area contributed by atoms with Gasteiger partial charge in [-0.2, -0.15) is 0 Å². The minimum Gasteiger partial charge on any atom is -0.382 e. The lowest BCUT2D eigenvalue weighted by atomic mass is 10.1. The number of halogens is 1. The Balaban J connectivity index is 2.68. The third-order valence-corrected chi connectivity index (χ3v) is 4.12. The minimum absolute atomic E-state index is 0.0191. The van der Waals surface area contributed by atoms with Crippen LogP contribution in [0.4, 0.5) is 0 Å². The number of hydrogen-bond acceptors (Lipinski definition) is 3. The van der Waals surface area contributed by atoms with Gasteiger partial charge in [0.2, 0.25) is 11.8 Å². The summed E-state index contributed by atoms with van der Waals surface area (Å²) in [4.78, 5) is 26.5. The molecule has 1 aromatic rings. The molecule has 0 unspecified atom stereocenters. The number of rotatable bonds is 11. The number of carbonyl (C=O) groups is 2. The zero-order valence-electron chi connectivity index (χ0n) is 15.4. The van der Waals surface area contributed by atoms with E-state index in [-0.39, 0.29) is 11.8 Å². The van der Waals surface area contributed by atoms with E-state index in [4.69, 9.17) is 16.3 Å². The SMILES string of the molecule is CCCC(=O)N(Cc1ccc(Cl)cc1)[C@@H](C)C(=O)NCCCOCC. The van der Waals surface area contributed by atoms with E-state index in [1.807, 2.05) is 26.0 Å². The number of nitrogens with one attached hydrogen (secondary N) is 1. The first kappa shape index (κ1) is 21.5. The van der Waals surface area contributed by atoms with Crippen molar-refractivity contribution in [3.63, 3.8) is 0 Å². The molecule has 0 aliphatic carbocycles. The molecule has 0 fully saturated rings. The van der Waals surface area contributed by atoms with Crippen LogP contribution in [0.15, 0.2) is 24.3 Å². The second-order valence-electron chi connectivity index (χ2n) is 5.92. The van der Waals surface area contributed by atoms with Crippen molar-refractivity contribution in [2.75, 3.05) is 19.8 Å². The average molecular weight is 369 g/mol. The number of benzene rings is 1. The summed E-state index contributed by atoms with van der Waals surface area (Å²) in [6, 6.07) is 6.81. The van der Waals surface area contributed by atoms with Gasteiger partial charge in [-0.1, -0.05) is 30.7 Å². The Hall–Kier alpha value is -1.59. The van der Waals surface area contributed by atoms with Crippen molar-refractivity contribution in [3.05, 3.63) is 34.9 Å². The highest BCUT2D eigenvalue weighted by molar-refractivity contribution is 6.30. The molecular weight excluding hydrogens is 340 g/mol. The summed E-state index contributed by atoms with van der Waals surface area (Å²) in [5.41, 5.74) is 0.949. The van der Waals surface area contributed by atoms with Crippen molar-refractivity contribution in [1.82, 2.24) is 10.2 Å². The molecule has 0 saturated carbocycles. The standard InChI is InChI=1S/C19H29ClN2O3/c1-4-7-18(23)22(14-16-8-10-17(20)11-9-16)15(3)19(24)21-12-6-13-25-5-2/h8-11,15H,4-7,12-14H2,1-3H3,(H,21,24)/t15-/m0/s1. The van der Waals surface area contributed by atoms with Crippen molar-refractivity contribution in [2.45, 2.75) is 52.6 Å². The molecule has 1 rings (SSSR count). The smallest absolute Gasteiger partial charge is 0.242 e. The first-order chi connectivity index (χ1) is 12.0. The van der Waals surface area contributed by atoms with Crippen LogP contribution in [0.5, 0.6) is 0 Å². The molecular formula is C19H29ClN2O3. The Morgan fingerprint density at radius 1 is 1.24 bits per heavy atom. The fourth-order valence-electron chi connectivity index (χ4n) is 2.40. The maximum absolute atomic E-state index is 12.5. The molecule has 0 heterocycles. The summed E-state index contributed by atoms with van der Waals surface area (Å²) in [5.74, 6) is -0.163. The van der Waals surface area contributed by atoms with E-state index in [2.05, 4.69) is 5.32 Å². The van der Waals surface area contributed by atoms with E-state index in [1.54, 1.807) is 24.0 Å². The molecule has 6 heteroatoms. The third kappa shape index (κ3) is 7.88. The summed E-state index contributed by atoms with van der Waals surface area (Å²) in [6.07, 6.45) is 1.93. The minimum atomic E-state index is -0.526. The Bertz CT molecular complexity index is 534. The van der Waals surface area contributed by atoms with Crippen molar-refractivity contribution in [1.29, 1.82) is 0 Å². The van der Waals surface area contributed by atoms with Crippen molar-refractivity contribution in [3.8, 4) is 0 Å². The van der Waals surface area contributed by atoms with Gasteiger partial charge in [-0.3, -0.25) is 9.59 Å². The summed E-state index contributed by atoms with van der Waals surface area (Å²) in [7, 11) is 0. The van der Waals surface area contributed by atoms with E-state index < -0.39 is 6.04 Å². The second kappa shape index (κ2) is 11.9. The van der Waals surface area contributed by atoms with Crippen LogP contribution in [0.3, 0.4) is 0 Å². The molecule has 0 aliphatic rings. The van der Waals surface area contributed by atoms with Gasteiger partial charge in [-0.25, -0.2) is 0 Å². The van der Waals surface area contributed by atoms with Crippen LogP contribution in [-0.2, 0) is 20.9 Å².